The molecule has 1 N–H and O–H groups in total. The molecule has 1 heterocycles. The molecule has 0 aliphatic rings. The highest BCUT2D eigenvalue weighted by molar-refractivity contribution is 7.92. The Kier molecular flexibility index (Phi) is 6.04. The van der Waals surface area contributed by atoms with Crippen LogP contribution in [0, 0.1) is 0 Å². The average molecular weight is 432 g/mol. The first-order valence-electron chi connectivity index (χ1n) is 8.96. The van der Waals surface area contributed by atoms with E-state index < -0.39 is 21.1 Å². The van der Waals surface area contributed by atoms with Gasteiger partial charge in [0.2, 0.25) is 5.91 Å². The first kappa shape index (κ1) is 21.0. The zero-order valence-corrected chi connectivity index (χ0v) is 17.9. The van der Waals surface area contributed by atoms with Crippen LogP contribution in [0.5, 0.6) is 0 Å². The Labute approximate surface area is 173 Å². The van der Waals surface area contributed by atoms with Crippen molar-refractivity contribution in [2.24, 2.45) is 0 Å². The number of ether oxygens (including phenoxy) is 1. The number of carbonyl (C=O) groups excluding carboxylic acids is 2. The summed E-state index contributed by atoms with van der Waals surface area (Å²) in [6.45, 7) is 3.25. The molecule has 0 radical (unpaired) electrons. The molecule has 0 saturated carbocycles. The number of thiophene rings is 1. The fraction of sp³-hybridized carbons (Fsp3) is 0.238. The van der Waals surface area contributed by atoms with Crippen LogP contribution in [-0.2, 0) is 25.8 Å². The largest absolute Gasteiger partial charge is 0.465 e. The Morgan fingerprint density at radius 1 is 1.07 bits per heavy atom. The standard InChI is InChI=1S/C21H21NO5S2/c1-13(2)29(25,26)15-10-8-14(9-11-15)12-18(23)22-19-16-6-4-5-7-17(16)28-20(19)21(24)27-3/h4-11,13H,12H2,1-3H3,(H,22,23). The Bertz CT molecular complexity index is 1160. The van der Waals surface area contributed by atoms with Gasteiger partial charge in [-0.25, -0.2) is 13.2 Å². The molecule has 0 fully saturated rings. The summed E-state index contributed by atoms with van der Waals surface area (Å²) in [7, 11) is -2.06. The molecule has 1 amide bonds. The first-order valence-corrected chi connectivity index (χ1v) is 11.3. The number of anilines is 1. The Balaban J connectivity index is 1.82. The van der Waals surface area contributed by atoms with Crippen LogP contribution in [0.25, 0.3) is 10.1 Å². The van der Waals surface area contributed by atoms with Gasteiger partial charge in [-0.2, -0.15) is 0 Å². The SMILES string of the molecule is COC(=O)c1sc2ccccc2c1NC(=O)Cc1ccc(S(=O)(=O)C(C)C)cc1. The predicted octanol–water partition coefficient (Wildman–Crippen LogP) is 4.05. The second-order valence-corrected chi connectivity index (χ2v) is 10.3. The van der Waals surface area contributed by atoms with E-state index >= 15 is 0 Å². The van der Waals surface area contributed by atoms with Gasteiger partial charge in [0.05, 0.1) is 29.4 Å². The quantitative estimate of drug-likeness (QED) is 0.595. The molecule has 0 aliphatic heterocycles. The van der Waals surface area contributed by atoms with Gasteiger partial charge in [0.1, 0.15) is 4.88 Å². The number of fused-ring (bicyclic) bond motifs is 1. The fourth-order valence-electron chi connectivity index (χ4n) is 2.84. The Hall–Kier alpha value is -2.71. The van der Waals surface area contributed by atoms with Crippen LogP contribution in [-0.4, -0.2) is 32.7 Å². The fourth-order valence-corrected chi connectivity index (χ4v) is 4.98. The molecular formula is C21H21NO5S2. The van der Waals surface area contributed by atoms with Gasteiger partial charge < -0.3 is 10.1 Å². The monoisotopic (exact) mass is 431 g/mol. The average Bonchev–Trinajstić information content (AvgIpc) is 3.06. The van der Waals surface area contributed by atoms with Crippen molar-refractivity contribution >= 4 is 48.8 Å². The molecule has 8 heteroatoms. The minimum atomic E-state index is -3.36. The molecule has 152 valence electrons. The highest BCUT2D eigenvalue weighted by atomic mass is 32.2. The summed E-state index contributed by atoms with van der Waals surface area (Å²) in [4.78, 5) is 25.3. The van der Waals surface area contributed by atoms with Crippen molar-refractivity contribution < 1.29 is 22.7 Å². The summed E-state index contributed by atoms with van der Waals surface area (Å²) in [5, 5.41) is 3.07. The van der Waals surface area contributed by atoms with Crippen LogP contribution in [0.2, 0.25) is 0 Å². The van der Waals surface area contributed by atoms with Crippen LogP contribution in [0.3, 0.4) is 0 Å². The molecule has 1 aromatic heterocycles. The molecule has 0 spiro atoms. The number of nitrogens with one attached hydrogen (secondary N) is 1. The minimum Gasteiger partial charge on any atom is -0.465 e. The number of rotatable bonds is 6. The summed E-state index contributed by atoms with van der Waals surface area (Å²) in [6.07, 6.45) is 0.0484. The number of benzene rings is 2. The third kappa shape index (κ3) is 4.33. The Morgan fingerprint density at radius 3 is 2.34 bits per heavy atom. The number of amides is 1. The van der Waals surface area contributed by atoms with Gasteiger partial charge in [0.15, 0.2) is 9.84 Å². The van der Waals surface area contributed by atoms with Crippen LogP contribution in [0.4, 0.5) is 5.69 Å². The number of esters is 1. The van der Waals surface area contributed by atoms with E-state index in [1.54, 1.807) is 26.0 Å². The van der Waals surface area contributed by atoms with Crippen LogP contribution < -0.4 is 5.32 Å². The van der Waals surface area contributed by atoms with Gasteiger partial charge in [0.25, 0.3) is 0 Å². The summed E-state index contributed by atoms with van der Waals surface area (Å²) >= 11 is 1.26. The van der Waals surface area contributed by atoms with Crippen LogP contribution in [0.15, 0.2) is 53.4 Å². The van der Waals surface area contributed by atoms with E-state index in [0.717, 1.165) is 10.1 Å². The van der Waals surface area contributed by atoms with Crippen molar-refractivity contribution in [2.75, 3.05) is 12.4 Å². The number of hydrogen-bond acceptors (Lipinski definition) is 6. The topological polar surface area (TPSA) is 89.5 Å². The van der Waals surface area contributed by atoms with E-state index in [1.165, 1.54) is 30.6 Å². The third-order valence-electron chi connectivity index (χ3n) is 4.47. The highest BCUT2D eigenvalue weighted by Crippen LogP contribution is 2.36. The van der Waals surface area contributed by atoms with E-state index in [4.69, 9.17) is 4.74 Å². The molecule has 0 unspecified atom stereocenters. The summed E-state index contributed by atoms with van der Waals surface area (Å²) in [5.74, 6) is -0.817. The summed E-state index contributed by atoms with van der Waals surface area (Å²) in [5.41, 5.74) is 1.10. The molecule has 3 rings (SSSR count). The predicted molar refractivity (Wildman–Crippen MR) is 114 cm³/mol. The molecule has 3 aromatic rings. The molecule has 29 heavy (non-hydrogen) atoms. The van der Waals surface area contributed by atoms with Crippen molar-refractivity contribution in [3.63, 3.8) is 0 Å². The molecule has 0 bridgehead atoms. The second-order valence-electron chi connectivity index (χ2n) is 6.76. The molecule has 0 saturated heterocycles. The van der Waals surface area contributed by atoms with E-state index in [1.807, 2.05) is 24.3 Å². The molecule has 0 atom stereocenters. The number of methoxy groups -OCH3 is 1. The van der Waals surface area contributed by atoms with Crippen LogP contribution in [0.1, 0.15) is 29.1 Å². The van der Waals surface area contributed by atoms with Gasteiger partial charge in [-0.05, 0) is 37.6 Å². The first-order chi connectivity index (χ1) is 13.7. The molecule has 6 nitrogen and oxygen atoms in total. The molecule has 0 aliphatic carbocycles. The van der Waals surface area contributed by atoms with E-state index in [2.05, 4.69) is 5.32 Å². The van der Waals surface area contributed by atoms with E-state index in [0.29, 0.717) is 16.1 Å². The zero-order valence-electron chi connectivity index (χ0n) is 16.3. The van der Waals surface area contributed by atoms with Crippen molar-refractivity contribution in [3.8, 4) is 0 Å². The molecular weight excluding hydrogens is 410 g/mol. The van der Waals surface area contributed by atoms with Crippen molar-refractivity contribution in [1.29, 1.82) is 0 Å². The second kappa shape index (κ2) is 8.34. The van der Waals surface area contributed by atoms with Gasteiger partial charge in [-0.1, -0.05) is 30.3 Å². The normalized spacial score (nSPS) is 11.6. The lowest BCUT2D eigenvalue weighted by Crippen LogP contribution is -2.17. The van der Waals surface area contributed by atoms with Gasteiger partial charge in [0, 0.05) is 10.1 Å². The maximum atomic E-state index is 12.6. The van der Waals surface area contributed by atoms with Gasteiger partial charge in [-0.15, -0.1) is 11.3 Å². The number of hydrogen-bond donors (Lipinski definition) is 1. The maximum Gasteiger partial charge on any atom is 0.350 e. The summed E-state index contributed by atoms with van der Waals surface area (Å²) < 4.78 is 30.1. The highest BCUT2D eigenvalue weighted by Gasteiger charge is 2.21. The van der Waals surface area contributed by atoms with Crippen molar-refractivity contribution in [3.05, 3.63) is 59.0 Å². The number of carbonyl (C=O) groups is 2. The maximum absolute atomic E-state index is 12.6. The smallest absolute Gasteiger partial charge is 0.350 e. The lowest BCUT2D eigenvalue weighted by molar-refractivity contribution is -0.115. The van der Waals surface area contributed by atoms with Gasteiger partial charge in [-0.3, -0.25) is 4.79 Å². The zero-order chi connectivity index (χ0) is 21.2. The Morgan fingerprint density at radius 2 is 1.72 bits per heavy atom. The lowest BCUT2D eigenvalue weighted by atomic mass is 10.1. The minimum absolute atomic E-state index is 0.0484. The van der Waals surface area contributed by atoms with Crippen molar-refractivity contribution in [2.45, 2.75) is 30.4 Å². The third-order valence-corrected chi connectivity index (χ3v) is 7.79. The van der Waals surface area contributed by atoms with Crippen LogP contribution >= 0.6 is 11.3 Å². The summed E-state index contributed by atoms with van der Waals surface area (Å²) in [6, 6.07) is 13.7. The van der Waals surface area contributed by atoms with Gasteiger partial charge >= 0.3 is 5.97 Å². The van der Waals surface area contributed by atoms with E-state index in [-0.39, 0.29) is 17.2 Å². The number of sulfone groups is 1. The van der Waals surface area contributed by atoms with E-state index in [9.17, 15) is 18.0 Å². The lowest BCUT2D eigenvalue weighted by Gasteiger charge is -2.09. The van der Waals surface area contributed by atoms with Crippen molar-refractivity contribution in [1.82, 2.24) is 0 Å². The molecule has 2 aromatic carbocycles.